The Morgan fingerprint density at radius 2 is 1.34 bits per heavy atom. The van der Waals surface area contributed by atoms with Gasteiger partial charge in [-0.25, -0.2) is 0 Å². The van der Waals surface area contributed by atoms with Crippen LogP contribution in [-0.4, -0.2) is 36.6 Å². The summed E-state index contributed by atoms with van der Waals surface area (Å²) in [6.45, 7) is 2.53. The van der Waals surface area contributed by atoms with Gasteiger partial charge in [0.05, 0.1) is 6.54 Å². The van der Waals surface area contributed by atoms with Crippen molar-refractivity contribution in [2.24, 2.45) is 5.92 Å². The number of rotatable bonds is 5. The highest BCUT2D eigenvalue weighted by atomic mass is 16.5. The number of likely N-dealkylation sites (tertiary alicyclic amines) is 1. The molecule has 0 radical (unpaired) electrons. The zero-order chi connectivity index (χ0) is 20.2. The van der Waals surface area contributed by atoms with Crippen molar-refractivity contribution < 1.29 is 9.53 Å². The molecular formula is C26H41NO2. The van der Waals surface area contributed by atoms with Crippen molar-refractivity contribution in [1.29, 1.82) is 0 Å². The summed E-state index contributed by atoms with van der Waals surface area (Å²) in [6, 6.07) is 10.8. The van der Waals surface area contributed by atoms with Gasteiger partial charge in [-0.15, -0.1) is 0 Å². The number of carbonyl (C=O) groups is 1. The molecule has 1 heterocycles. The van der Waals surface area contributed by atoms with Gasteiger partial charge in [0.2, 0.25) is 0 Å². The Kier molecular flexibility index (Phi) is 10.1. The summed E-state index contributed by atoms with van der Waals surface area (Å²) in [4.78, 5) is 14.9. The largest absolute Gasteiger partial charge is 0.461 e. The third kappa shape index (κ3) is 8.90. The molecular weight excluding hydrogens is 358 g/mol. The van der Waals surface area contributed by atoms with Gasteiger partial charge in [-0.3, -0.25) is 9.69 Å². The second-order valence-electron chi connectivity index (χ2n) is 9.28. The van der Waals surface area contributed by atoms with E-state index in [1.165, 1.54) is 82.6 Å². The van der Waals surface area contributed by atoms with E-state index >= 15 is 0 Å². The van der Waals surface area contributed by atoms with Crippen LogP contribution >= 0.6 is 0 Å². The second-order valence-corrected chi connectivity index (χ2v) is 9.28. The minimum absolute atomic E-state index is 0.00334. The van der Waals surface area contributed by atoms with Crippen LogP contribution in [-0.2, 0) is 16.0 Å². The maximum absolute atomic E-state index is 12.6. The number of ether oxygens (including phenoxy) is 1. The van der Waals surface area contributed by atoms with Crippen LogP contribution in [0.3, 0.4) is 0 Å². The molecule has 2 aliphatic rings. The smallest absolute Gasteiger partial charge is 0.320 e. The highest BCUT2D eigenvalue weighted by molar-refractivity contribution is 5.71. The molecule has 0 atom stereocenters. The van der Waals surface area contributed by atoms with E-state index in [0.29, 0.717) is 6.54 Å². The Balaban J connectivity index is 1.35. The Labute approximate surface area is 178 Å². The van der Waals surface area contributed by atoms with Crippen LogP contribution in [0.2, 0.25) is 0 Å². The van der Waals surface area contributed by atoms with Crippen LogP contribution in [0, 0.1) is 5.92 Å². The summed E-state index contributed by atoms with van der Waals surface area (Å²) >= 11 is 0. The lowest BCUT2D eigenvalue weighted by Crippen LogP contribution is -2.39. The Hall–Kier alpha value is -1.35. The van der Waals surface area contributed by atoms with E-state index in [-0.39, 0.29) is 12.1 Å². The fourth-order valence-corrected chi connectivity index (χ4v) is 4.95. The molecule has 1 saturated carbocycles. The molecule has 1 saturated heterocycles. The third-order valence-electron chi connectivity index (χ3n) is 6.78. The molecule has 1 aromatic rings. The summed E-state index contributed by atoms with van der Waals surface area (Å²) in [5.41, 5.74) is 1.44. The van der Waals surface area contributed by atoms with Gasteiger partial charge in [0.25, 0.3) is 0 Å². The second kappa shape index (κ2) is 13.1. The molecule has 0 aromatic heterocycles. The molecule has 1 aromatic carbocycles. The molecule has 0 spiro atoms. The van der Waals surface area contributed by atoms with Crippen molar-refractivity contribution in [2.45, 2.75) is 96.0 Å². The average molecular weight is 400 g/mol. The fourth-order valence-electron chi connectivity index (χ4n) is 4.95. The maximum Gasteiger partial charge on any atom is 0.320 e. The molecule has 29 heavy (non-hydrogen) atoms. The first-order valence-electron chi connectivity index (χ1n) is 12.3. The standard InChI is InChI=1S/C26H41NO2/c28-26(29-25-15-11-6-4-2-1-3-5-7-12-16-25)22-27-19-17-24(18-20-27)21-23-13-9-8-10-14-23/h8-10,13-14,24-25H,1-7,11-12,15-22H2. The highest BCUT2D eigenvalue weighted by Crippen LogP contribution is 2.22. The van der Waals surface area contributed by atoms with Crippen LogP contribution in [0.5, 0.6) is 0 Å². The van der Waals surface area contributed by atoms with Crippen LogP contribution in [0.15, 0.2) is 30.3 Å². The molecule has 3 rings (SSSR count). The van der Waals surface area contributed by atoms with Crippen LogP contribution < -0.4 is 0 Å². The first kappa shape index (κ1) is 22.3. The van der Waals surface area contributed by atoms with E-state index in [9.17, 15) is 4.79 Å². The summed E-state index contributed by atoms with van der Waals surface area (Å²) < 4.78 is 5.94. The number of hydrogen-bond donors (Lipinski definition) is 0. The van der Waals surface area contributed by atoms with E-state index in [1.54, 1.807) is 0 Å². The number of piperidine rings is 1. The Bertz CT molecular complexity index is 553. The first-order valence-corrected chi connectivity index (χ1v) is 12.3. The molecule has 1 aliphatic heterocycles. The average Bonchev–Trinajstić information content (AvgIpc) is 2.72. The Morgan fingerprint density at radius 1 is 0.793 bits per heavy atom. The van der Waals surface area contributed by atoms with Crippen LogP contribution in [0.4, 0.5) is 0 Å². The van der Waals surface area contributed by atoms with Gasteiger partial charge in [0.1, 0.15) is 6.10 Å². The van der Waals surface area contributed by atoms with Gasteiger partial charge in [0.15, 0.2) is 0 Å². The fraction of sp³-hybridized carbons (Fsp3) is 0.731. The van der Waals surface area contributed by atoms with Gasteiger partial charge in [-0.05, 0) is 69.5 Å². The van der Waals surface area contributed by atoms with Crippen LogP contribution in [0.25, 0.3) is 0 Å². The van der Waals surface area contributed by atoms with E-state index in [1.807, 2.05) is 0 Å². The third-order valence-corrected chi connectivity index (χ3v) is 6.78. The summed E-state index contributed by atoms with van der Waals surface area (Å²) in [5, 5.41) is 0. The van der Waals surface area contributed by atoms with Crippen molar-refractivity contribution in [3.8, 4) is 0 Å². The molecule has 3 nitrogen and oxygen atoms in total. The number of benzene rings is 1. The lowest BCUT2D eigenvalue weighted by atomic mass is 9.90. The van der Waals surface area contributed by atoms with Crippen molar-refractivity contribution in [3.63, 3.8) is 0 Å². The predicted molar refractivity (Wildman–Crippen MR) is 120 cm³/mol. The Morgan fingerprint density at radius 3 is 1.93 bits per heavy atom. The van der Waals surface area contributed by atoms with E-state index in [4.69, 9.17) is 4.74 Å². The van der Waals surface area contributed by atoms with Crippen molar-refractivity contribution in [1.82, 2.24) is 4.90 Å². The quantitative estimate of drug-likeness (QED) is 0.556. The number of esters is 1. The van der Waals surface area contributed by atoms with E-state index in [0.717, 1.165) is 31.8 Å². The molecule has 0 N–H and O–H groups in total. The van der Waals surface area contributed by atoms with Gasteiger partial charge >= 0.3 is 5.97 Å². The van der Waals surface area contributed by atoms with Gasteiger partial charge in [-0.2, -0.15) is 0 Å². The minimum Gasteiger partial charge on any atom is -0.461 e. The lowest BCUT2D eigenvalue weighted by Gasteiger charge is -2.31. The number of nitrogens with zero attached hydrogens (tertiary/aromatic N) is 1. The summed E-state index contributed by atoms with van der Waals surface area (Å²) in [5.74, 6) is 0.750. The zero-order valence-electron chi connectivity index (χ0n) is 18.3. The number of hydrogen-bond acceptors (Lipinski definition) is 3. The van der Waals surface area contributed by atoms with Gasteiger partial charge in [0, 0.05) is 0 Å². The lowest BCUT2D eigenvalue weighted by molar-refractivity contribution is -0.151. The predicted octanol–water partition coefficient (Wildman–Crippen LogP) is 6.16. The topological polar surface area (TPSA) is 29.5 Å². The van der Waals surface area contributed by atoms with Crippen molar-refractivity contribution >= 4 is 5.97 Å². The molecule has 0 unspecified atom stereocenters. The molecule has 0 amide bonds. The summed E-state index contributed by atoms with van der Waals surface area (Å²) in [6.07, 6.45) is 17.7. The summed E-state index contributed by atoms with van der Waals surface area (Å²) in [7, 11) is 0. The van der Waals surface area contributed by atoms with Crippen molar-refractivity contribution in [2.75, 3.05) is 19.6 Å². The molecule has 162 valence electrons. The molecule has 3 heteroatoms. The number of carbonyl (C=O) groups excluding carboxylic acids is 1. The molecule has 1 aliphatic carbocycles. The zero-order valence-corrected chi connectivity index (χ0v) is 18.3. The normalized spacial score (nSPS) is 21.8. The maximum atomic E-state index is 12.6. The van der Waals surface area contributed by atoms with Crippen molar-refractivity contribution in [3.05, 3.63) is 35.9 Å². The van der Waals surface area contributed by atoms with E-state index in [2.05, 4.69) is 35.2 Å². The molecule has 0 bridgehead atoms. The SMILES string of the molecule is O=C(CN1CCC(Cc2ccccc2)CC1)OC1CCCCCCCCCCC1. The van der Waals surface area contributed by atoms with Gasteiger partial charge in [-0.1, -0.05) is 75.3 Å². The first-order chi connectivity index (χ1) is 14.3. The molecule has 2 fully saturated rings. The van der Waals surface area contributed by atoms with Gasteiger partial charge < -0.3 is 4.74 Å². The minimum atomic E-state index is 0.00334. The highest BCUT2D eigenvalue weighted by Gasteiger charge is 2.23. The monoisotopic (exact) mass is 399 g/mol. The van der Waals surface area contributed by atoms with E-state index < -0.39 is 0 Å². The van der Waals surface area contributed by atoms with Crippen LogP contribution in [0.1, 0.15) is 89.0 Å².